The van der Waals surface area contributed by atoms with Crippen LogP contribution in [0.5, 0.6) is 17.2 Å². The first-order chi connectivity index (χ1) is 26.5. The van der Waals surface area contributed by atoms with E-state index in [2.05, 4.69) is 27.7 Å². The summed E-state index contributed by atoms with van der Waals surface area (Å²) in [7, 11) is 0. The van der Waals surface area contributed by atoms with Gasteiger partial charge in [-0.15, -0.1) is 0 Å². The van der Waals surface area contributed by atoms with Crippen molar-refractivity contribution in [1.82, 2.24) is 14.4 Å². The van der Waals surface area contributed by atoms with Gasteiger partial charge in [-0.05, 0) is 84.8 Å². The minimum Gasteiger partial charge on any atom is -0.508 e. The Morgan fingerprint density at radius 1 is 0.796 bits per heavy atom. The standard InChI is InChI=1S/C44H44N4O6/c49-35-15-13-33(14-16-35)47(26-30-8-2-1-3-9-30)44(51)38-23-40(46-17-7-6-12-39(38)46)36-24-41-42(54-29-53-41)25-37(36)43(50)48-27-32-11-5-4-10-31(32)22-34(48)28-45-18-20-52-21-19-45/h1-5,8-11,13-16,23-25,34,49H,6-7,12,17-22,26-29H2. The highest BCUT2D eigenvalue weighted by Crippen LogP contribution is 2.42. The summed E-state index contributed by atoms with van der Waals surface area (Å²) in [5.74, 6) is 1.08. The van der Waals surface area contributed by atoms with Crippen LogP contribution < -0.4 is 14.4 Å². The molecule has 276 valence electrons. The monoisotopic (exact) mass is 724 g/mol. The zero-order chi connectivity index (χ0) is 36.6. The van der Waals surface area contributed by atoms with Crippen molar-refractivity contribution >= 4 is 17.5 Å². The summed E-state index contributed by atoms with van der Waals surface area (Å²) in [4.78, 5) is 36.3. The molecule has 1 saturated heterocycles. The van der Waals surface area contributed by atoms with Crippen LogP contribution in [0.15, 0.2) is 97.1 Å². The number of phenolic OH excluding ortho intramolecular Hbond substituents is 1. The van der Waals surface area contributed by atoms with Crippen molar-refractivity contribution in [3.05, 3.63) is 131 Å². The van der Waals surface area contributed by atoms with Crippen molar-refractivity contribution in [2.45, 2.75) is 51.4 Å². The van der Waals surface area contributed by atoms with Gasteiger partial charge in [0, 0.05) is 61.4 Å². The Bertz CT molecular complexity index is 2180. The van der Waals surface area contributed by atoms with E-state index in [9.17, 15) is 9.90 Å². The molecule has 0 spiro atoms. The van der Waals surface area contributed by atoms with Crippen LogP contribution >= 0.6 is 0 Å². The number of aromatic nitrogens is 1. The molecule has 10 nitrogen and oxygen atoms in total. The molecule has 54 heavy (non-hydrogen) atoms. The molecule has 10 heteroatoms. The molecule has 5 aromatic rings. The first-order valence-corrected chi connectivity index (χ1v) is 19.0. The molecule has 0 bridgehead atoms. The maximum atomic E-state index is 15.2. The molecule has 4 aliphatic rings. The number of fused-ring (bicyclic) bond motifs is 3. The number of ether oxygens (including phenoxy) is 3. The van der Waals surface area contributed by atoms with Crippen LogP contribution in [0.4, 0.5) is 5.69 Å². The van der Waals surface area contributed by atoms with Gasteiger partial charge in [0.1, 0.15) is 5.75 Å². The van der Waals surface area contributed by atoms with Crippen molar-refractivity contribution in [2.75, 3.05) is 44.5 Å². The van der Waals surface area contributed by atoms with E-state index in [4.69, 9.17) is 14.2 Å². The number of amides is 2. The second-order valence-electron chi connectivity index (χ2n) is 14.6. The number of anilines is 1. The van der Waals surface area contributed by atoms with Gasteiger partial charge in [-0.3, -0.25) is 14.5 Å². The summed E-state index contributed by atoms with van der Waals surface area (Å²) in [5, 5.41) is 10.1. The predicted molar refractivity (Wildman–Crippen MR) is 205 cm³/mol. The van der Waals surface area contributed by atoms with Gasteiger partial charge in [0.15, 0.2) is 11.5 Å². The Labute approximate surface area is 315 Å². The second-order valence-corrected chi connectivity index (χ2v) is 14.6. The van der Waals surface area contributed by atoms with E-state index >= 15 is 4.79 Å². The molecule has 5 heterocycles. The molecule has 4 aliphatic heterocycles. The summed E-state index contributed by atoms with van der Waals surface area (Å²) in [6.45, 7) is 5.51. The van der Waals surface area contributed by atoms with Gasteiger partial charge in [-0.25, -0.2) is 0 Å². The van der Waals surface area contributed by atoms with Crippen molar-refractivity contribution in [3.63, 3.8) is 0 Å². The van der Waals surface area contributed by atoms with Crippen molar-refractivity contribution < 1.29 is 28.9 Å². The van der Waals surface area contributed by atoms with E-state index in [1.54, 1.807) is 29.2 Å². The Morgan fingerprint density at radius 3 is 2.33 bits per heavy atom. The molecule has 1 fully saturated rings. The lowest BCUT2D eigenvalue weighted by Gasteiger charge is -2.40. The number of phenols is 1. The summed E-state index contributed by atoms with van der Waals surface area (Å²) in [6, 6.07) is 30.8. The molecule has 9 rings (SSSR count). The van der Waals surface area contributed by atoms with Crippen LogP contribution in [0, 0.1) is 0 Å². The lowest BCUT2D eigenvalue weighted by Crippen LogP contribution is -2.52. The van der Waals surface area contributed by atoms with Crippen LogP contribution in [0.1, 0.15) is 55.9 Å². The van der Waals surface area contributed by atoms with Crippen molar-refractivity contribution in [3.8, 4) is 28.5 Å². The lowest BCUT2D eigenvalue weighted by molar-refractivity contribution is 0.0193. The average Bonchev–Trinajstić information content (AvgIpc) is 3.84. The molecule has 0 aliphatic carbocycles. The smallest absolute Gasteiger partial charge is 0.260 e. The number of nitrogens with zero attached hydrogens (tertiary/aromatic N) is 4. The Hall–Kier alpha value is -5.58. The van der Waals surface area contributed by atoms with Crippen molar-refractivity contribution in [2.24, 2.45) is 0 Å². The maximum absolute atomic E-state index is 15.2. The van der Waals surface area contributed by atoms with Gasteiger partial charge in [0.2, 0.25) is 6.79 Å². The minimum atomic E-state index is -0.131. The summed E-state index contributed by atoms with van der Waals surface area (Å²) in [5.41, 5.74) is 7.79. The lowest BCUT2D eigenvalue weighted by atomic mass is 9.92. The SMILES string of the molecule is O=C(c1cc(-c2cc3c(cc2C(=O)N2Cc4ccccc4CC2CN2CCOCC2)OCO3)n2c1CCCC2)N(Cc1ccccc1)c1ccc(O)cc1. The average molecular weight is 725 g/mol. The van der Waals surface area contributed by atoms with Crippen LogP contribution in [0.3, 0.4) is 0 Å². The van der Waals surface area contributed by atoms with Gasteiger partial charge < -0.3 is 33.7 Å². The summed E-state index contributed by atoms with van der Waals surface area (Å²) < 4.78 is 19.7. The number of morpholine rings is 1. The molecule has 1 aromatic heterocycles. The van der Waals surface area contributed by atoms with E-state index in [1.165, 1.54) is 5.56 Å². The first-order valence-electron chi connectivity index (χ1n) is 19.0. The normalized spacial score (nSPS) is 17.9. The van der Waals surface area contributed by atoms with Gasteiger partial charge >= 0.3 is 0 Å². The van der Waals surface area contributed by atoms with E-state index in [-0.39, 0.29) is 30.4 Å². The molecule has 2 amide bonds. The highest BCUT2D eigenvalue weighted by molar-refractivity contribution is 6.09. The zero-order valence-corrected chi connectivity index (χ0v) is 30.3. The number of carbonyl (C=O) groups is 2. The number of rotatable bonds is 8. The fraction of sp³-hybridized carbons (Fsp3) is 0.318. The van der Waals surface area contributed by atoms with Gasteiger partial charge in [-0.1, -0.05) is 54.6 Å². The molecule has 4 aromatic carbocycles. The molecular weight excluding hydrogens is 681 g/mol. The first kappa shape index (κ1) is 34.2. The summed E-state index contributed by atoms with van der Waals surface area (Å²) >= 11 is 0. The highest BCUT2D eigenvalue weighted by atomic mass is 16.7. The van der Waals surface area contributed by atoms with E-state index in [0.717, 1.165) is 79.9 Å². The largest absolute Gasteiger partial charge is 0.508 e. The van der Waals surface area contributed by atoms with Crippen LogP contribution in [-0.4, -0.2) is 77.0 Å². The Balaban J connectivity index is 1.13. The third kappa shape index (κ3) is 6.60. The molecule has 0 saturated carbocycles. The molecule has 0 radical (unpaired) electrons. The second kappa shape index (κ2) is 14.7. The number of benzene rings is 4. The van der Waals surface area contributed by atoms with Crippen molar-refractivity contribution in [1.29, 1.82) is 0 Å². The van der Waals surface area contributed by atoms with Crippen LogP contribution in [-0.2, 0) is 37.2 Å². The number of aromatic hydroxyl groups is 1. The molecule has 1 N–H and O–H groups in total. The fourth-order valence-electron chi connectivity index (χ4n) is 8.46. The third-order valence-electron chi connectivity index (χ3n) is 11.3. The van der Waals surface area contributed by atoms with Gasteiger partial charge in [0.05, 0.1) is 30.9 Å². The van der Waals surface area contributed by atoms with Crippen LogP contribution in [0.2, 0.25) is 0 Å². The predicted octanol–water partition coefficient (Wildman–Crippen LogP) is 6.67. The maximum Gasteiger partial charge on any atom is 0.260 e. The molecular formula is C44H44N4O6. The molecule has 1 unspecified atom stereocenters. The fourth-order valence-corrected chi connectivity index (χ4v) is 8.46. The number of carbonyl (C=O) groups excluding carboxylic acids is 2. The summed E-state index contributed by atoms with van der Waals surface area (Å²) in [6.07, 6.45) is 3.44. The van der Waals surface area contributed by atoms with E-state index < -0.39 is 0 Å². The Kier molecular flexibility index (Phi) is 9.30. The minimum absolute atomic E-state index is 0.0287. The number of hydrogen-bond acceptors (Lipinski definition) is 7. The quantitative estimate of drug-likeness (QED) is 0.191. The topological polar surface area (TPSA) is 96.7 Å². The van der Waals surface area contributed by atoms with Gasteiger partial charge in [-0.2, -0.15) is 0 Å². The Morgan fingerprint density at radius 2 is 1.54 bits per heavy atom. The van der Waals surface area contributed by atoms with E-state index in [1.807, 2.05) is 59.5 Å². The van der Waals surface area contributed by atoms with Gasteiger partial charge in [0.25, 0.3) is 11.8 Å². The van der Waals surface area contributed by atoms with Crippen LogP contribution in [0.25, 0.3) is 11.3 Å². The highest BCUT2D eigenvalue weighted by Gasteiger charge is 2.36. The third-order valence-corrected chi connectivity index (χ3v) is 11.3. The zero-order valence-electron chi connectivity index (χ0n) is 30.3. The van der Waals surface area contributed by atoms with E-state index in [0.29, 0.717) is 54.6 Å². The number of hydrogen-bond donors (Lipinski definition) is 1. The molecule has 1 atom stereocenters.